The fourth-order valence-electron chi connectivity index (χ4n) is 4.33. The molecule has 1 aliphatic rings. The van der Waals surface area contributed by atoms with E-state index in [0.29, 0.717) is 38.0 Å². The zero-order valence-electron chi connectivity index (χ0n) is 22.1. The average Bonchev–Trinajstić information content (AvgIpc) is 3.21. The van der Waals surface area contributed by atoms with Gasteiger partial charge in [0.2, 0.25) is 0 Å². The third-order valence-electron chi connectivity index (χ3n) is 6.23. The topological polar surface area (TPSA) is 79.1 Å². The van der Waals surface area contributed by atoms with Crippen molar-refractivity contribution in [2.45, 2.75) is 39.7 Å². The number of allylic oxidation sites excluding steroid dienone is 1. The summed E-state index contributed by atoms with van der Waals surface area (Å²) >= 11 is 1.27. The van der Waals surface area contributed by atoms with Gasteiger partial charge in [-0.25, -0.2) is 9.79 Å². The molecule has 4 rings (SSSR count). The predicted octanol–water partition coefficient (Wildman–Crippen LogP) is 3.94. The van der Waals surface area contributed by atoms with Crippen molar-refractivity contribution in [3.8, 4) is 23.8 Å². The third-order valence-corrected chi connectivity index (χ3v) is 7.22. The van der Waals surface area contributed by atoms with E-state index in [0.717, 1.165) is 11.1 Å². The van der Waals surface area contributed by atoms with Gasteiger partial charge in [0.25, 0.3) is 5.56 Å². The number of hydrogen-bond donors (Lipinski definition) is 0. The van der Waals surface area contributed by atoms with E-state index < -0.39 is 12.0 Å². The number of nitrogens with zero attached hydrogens (tertiary/aromatic N) is 2. The average molecular weight is 531 g/mol. The van der Waals surface area contributed by atoms with Crippen molar-refractivity contribution in [1.29, 1.82) is 0 Å². The van der Waals surface area contributed by atoms with Crippen LogP contribution in [0.4, 0.5) is 0 Å². The van der Waals surface area contributed by atoms with Gasteiger partial charge in [0, 0.05) is 0 Å². The molecular weight excluding hydrogens is 500 g/mol. The molecule has 8 heteroatoms. The molecule has 3 aromatic rings. The van der Waals surface area contributed by atoms with Crippen LogP contribution in [0.5, 0.6) is 11.5 Å². The zero-order valence-corrected chi connectivity index (χ0v) is 22.9. The van der Waals surface area contributed by atoms with Gasteiger partial charge in [-0.2, -0.15) is 0 Å². The summed E-state index contributed by atoms with van der Waals surface area (Å²) in [4.78, 5) is 32.0. The minimum Gasteiger partial charge on any atom is -0.493 e. The molecule has 0 bridgehead atoms. The first-order chi connectivity index (χ1) is 18.3. The molecule has 1 aromatic heterocycles. The molecule has 7 nitrogen and oxygen atoms in total. The van der Waals surface area contributed by atoms with E-state index in [9.17, 15) is 9.59 Å². The highest BCUT2D eigenvalue weighted by molar-refractivity contribution is 7.07. The second-order valence-electron chi connectivity index (χ2n) is 9.03. The Morgan fingerprint density at radius 2 is 1.95 bits per heavy atom. The largest absolute Gasteiger partial charge is 0.493 e. The van der Waals surface area contributed by atoms with Gasteiger partial charge in [0.15, 0.2) is 16.3 Å². The number of esters is 1. The Kier molecular flexibility index (Phi) is 8.18. The van der Waals surface area contributed by atoms with Crippen LogP contribution in [0, 0.1) is 12.3 Å². The summed E-state index contributed by atoms with van der Waals surface area (Å²) in [6, 6.07) is 12.7. The number of fused-ring (bicyclic) bond motifs is 1. The van der Waals surface area contributed by atoms with E-state index in [1.807, 2.05) is 30.3 Å². The monoisotopic (exact) mass is 530 g/mol. The van der Waals surface area contributed by atoms with Crippen molar-refractivity contribution in [2.24, 2.45) is 4.99 Å². The first-order valence-corrected chi connectivity index (χ1v) is 13.1. The van der Waals surface area contributed by atoms with E-state index >= 15 is 0 Å². The van der Waals surface area contributed by atoms with Crippen LogP contribution in [0.25, 0.3) is 6.08 Å². The second-order valence-corrected chi connectivity index (χ2v) is 10.0. The van der Waals surface area contributed by atoms with Crippen molar-refractivity contribution in [1.82, 2.24) is 4.57 Å². The molecule has 0 N–H and O–H groups in total. The lowest BCUT2D eigenvalue weighted by molar-refractivity contribution is -0.139. The molecule has 1 atom stereocenters. The van der Waals surface area contributed by atoms with Crippen molar-refractivity contribution in [3.63, 3.8) is 0 Å². The van der Waals surface area contributed by atoms with Gasteiger partial charge in [-0.05, 0) is 54.7 Å². The molecule has 2 aromatic carbocycles. The smallest absolute Gasteiger partial charge is 0.338 e. The molecule has 0 aliphatic carbocycles. The standard InChI is InChI=1S/C30H30N2O5S/c1-7-15-37-23-14-9-20(16-24(23)35-6)17-25-28(33)32-27(22-12-10-21(11-13-22)18(3)4)26(29(34)36-8-2)19(5)31-30(32)38-25/h1,9-14,16-18,27H,8,15H2,2-6H3/b25-17+/t27-/m0/s1. The van der Waals surface area contributed by atoms with Gasteiger partial charge in [0.05, 0.1) is 35.6 Å². The maximum Gasteiger partial charge on any atom is 0.338 e. The number of methoxy groups -OCH3 is 1. The van der Waals surface area contributed by atoms with E-state index in [-0.39, 0.29) is 18.8 Å². The van der Waals surface area contributed by atoms with E-state index in [1.54, 1.807) is 43.7 Å². The lowest BCUT2D eigenvalue weighted by Crippen LogP contribution is -2.39. The summed E-state index contributed by atoms with van der Waals surface area (Å²) in [6.07, 6.45) is 7.07. The van der Waals surface area contributed by atoms with Gasteiger partial charge in [-0.1, -0.05) is 61.4 Å². The summed E-state index contributed by atoms with van der Waals surface area (Å²) in [5.74, 6) is 3.33. The van der Waals surface area contributed by atoms with Crippen LogP contribution in [0.3, 0.4) is 0 Å². The second kappa shape index (κ2) is 11.5. The molecule has 0 fully saturated rings. The third kappa shape index (κ3) is 5.29. The van der Waals surface area contributed by atoms with Gasteiger partial charge in [0.1, 0.15) is 6.61 Å². The lowest BCUT2D eigenvalue weighted by Gasteiger charge is -2.25. The van der Waals surface area contributed by atoms with Crippen LogP contribution < -0.4 is 24.4 Å². The van der Waals surface area contributed by atoms with Crippen molar-refractivity contribution < 1.29 is 19.0 Å². The summed E-state index contributed by atoms with van der Waals surface area (Å²) in [5.41, 5.74) is 3.39. The number of hydrogen-bond acceptors (Lipinski definition) is 7. The number of rotatable bonds is 8. The molecule has 1 aliphatic heterocycles. The number of carbonyl (C=O) groups excluding carboxylic acids is 1. The van der Waals surface area contributed by atoms with Crippen molar-refractivity contribution in [2.75, 3.05) is 20.3 Å². The lowest BCUT2D eigenvalue weighted by atomic mass is 9.93. The first kappa shape index (κ1) is 27.0. The number of benzene rings is 2. The fourth-order valence-corrected chi connectivity index (χ4v) is 5.38. The molecule has 0 saturated carbocycles. The Hall–Kier alpha value is -4.09. The van der Waals surface area contributed by atoms with E-state index in [1.165, 1.54) is 16.9 Å². The summed E-state index contributed by atoms with van der Waals surface area (Å²) in [6.45, 7) is 8.12. The quantitative estimate of drug-likeness (QED) is 0.326. The molecule has 0 amide bonds. The van der Waals surface area contributed by atoms with Gasteiger partial charge in [-0.3, -0.25) is 9.36 Å². The van der Waals surface area contributed by atoms with Crippen molar-refractivity contribution in [3.05, 3.63) is 90.1 Å². The molecule has 2 heterocycles. The Morgan fingerprint density at radius 3 is 2.58 bits per heavy atom. The molecule has 0 unspecified atom stereocenters. The minimum atomic E-state index is -0.650. The highest BCUT2D eigenvalue weighted by Crippen LogP contribution is 2.32. The number of aromatic nitrogens is 1. The Balaban J connectivity index is 1.87. The van der Waals surface area contributed by atoms with Crippen LogP contribution in [-0.4, -0.2) is 30.9 Å². The van der Waals surface area contributed by atoms with E-state index in [2.05, 4.69) is 24.8 Å². The highest BCUT2D eigenvalue weighted by atomic mass is 32.1. The van der Waals surface area contributed by atoms with Gasteiger partial charge in [-0.15, -0.1) is 6.42 Å². The Labute approximate surface area is 225 Å². The highest BCUT2D eigenvalue weighted by Gasteiger charge is 2.33. The fraction of sp³-hybridized carbons (Fsp3) is 0.300. The van der Waals surface area contributed by atoms with Crippen molar-refractivity contribution >= 4 is 23.4 Å². The number of terminal acetylenes is 1. The zero-order chi connectivity index (χ0) is 27.4. The van der Waals surface area contributed by atoms with Crippen LogP contribution in [0.1, 0.15) is 56.3 Å². The van der Waals surface area contributed by atoms with Crippen LogP contribution in [0.2, 0.25) is 0 Å². The SMILES string of the molecule is C#CCOc1ccc(/C=c2/sc3n(c2=O)[C@@H](c2ccc(C(C)C)cc2)C(C(=O)OCC)=C(C)N=3)cc1OC. The summed E-state index contributed by atoms with van der Waals surface area (Å²) in [7, 11) is 1.54. The Morgan fingerprint density at radius 1 is 1.21 bits per heavy atom. The summed E-state index contributed by atoms with van der Waals surface area (Å²) < 4.78 is 18.4. The molecule has 196 valence electrons. The predicted molar refractivity (Wildman–Crippen MR) is 148 cm³/mol. The molecule has 0 saturated heterocycles. The minimum absolute atomic E-state index is 0.120. The Bertz CT molecular complexity index is 1600. The van der Waals surface area contributed by atoms with Gasteiger partial charge >= 0.3 is 5.97 Å². The molecular formula is C30H30N2O5S. The van der Waals surface area contributed by atoms with Crippen LogP contribution in [0.15, 0.2) is 63.5 Å². The number of ether oxygens (including phenoxy) is 3. The molecule has 0 spiro atoms. The van der Waals surface area contributed by atoms with Crippen LogP contribution in [-0.2, 0) is 9.53 Å². The van der Waals surface area contributed by atoms with Gasteiger partial charge < -0.3 is 14.2 Å². The number of carbonyl (C=O) groups is 1. The normalized spacial score (nSPS) is 15.1. The maximum absolute atomic E-state index is 13.8. The summed E-state index contributed by atoms with van der Waals surface area (Å²) in [5, 5.41) is 0. The maximum atomic E-state index is 13.8. The van der Waals surface area contributed by atoms with E-state index in [4.69, 9.17) is 20.6 Å². The molecule has 0 radical (unpaired) electrons. The van der Waals surface area contributed by atoms with Crippen LogP contribution >= 0.6 is 11.3 Å². The first-order valence-electron chi connectivity index (χ1n) is 12.3. The molecule has 38 heavy (non-hydrogen) atoms. The number of thiazole rings is 1.